The minimum Gasteiger partial charge on any atom is -0.497 e. The number of amides is 2. The second kappa shape index (κ2) is 14.6. The van der Waals surface area contributed by atoms with Gasteiger partial charge in [0.15, 0.2) is 0 Å². The molecule has 2 rings (SSSR count). The highest BCUT2D eigenvalue weighted by molar-refractivity contribution is 5.92. The van der Waals surface area contributed by atoms with Gasteiger partial charge in [-0.05, 0) is 51.3 Å². The summed E-state index contributed by atoms with van der Waals surface area (Å²) >= 11 is 0. The fraction of sp³-hybridized carbons (Fsp3) is 0.571. The summed E-state index contributed by atoms with van der Waals surface area (Å²) in [6, 6.07) is 5.83. The number of benzene rings is 1. The molecule has 0 fully saturated rings. The fourth-order valence-corrected chi connectivity index (χ4v) is 4.03. The molecule has 2 aromatic rings. The van der Waals surface area contributed by atoms with Gasteiger partial charge in [0.2, 0.25) is 11.8 Å². The number of nitrogens with zero attached hydrogens (tertiary/aromatic N) is 1. The van der Waals surface area contributed by atoms with Crippen molar-refractivity contribution in [1.82, 2.24) is 15.6 Å². The van der Waals surface area contributed by atoms with Crippen molar-refractivity contribution in [1.29, 1.82) is 0 Å². The molecule has 1 aromatic heterocycles. The lowest BCUT2D eigenvalue weighted by molar-refractivity contribution is -0.143. The number of carbonyl (C=O) groups is 3. The molecule has 11 nitrogen and oxygen atoms in total. The first kappa shape index (κ1) is 31.8. The Kier molecular flexibility index (Phi) is 11.9. The highest BCUT2D eigenvalue weighted by atomic mass is 16.5. The number of methoxy groups -OCH3 is 1. The minimum atomic E-state index is -1.35. The number of fused-ring (bicyclic) bond motifs is 1. The molecule has 11 heteroatoms. The zero-order valence-electron chi connectivity index (χ0n) is 23.7. The molecular formula is C28H44N6O5. The predicted molar refractivity (Wildman–Crippen MR) is 153 cm³/mol. The lowest BCUT2D eigenvalue weighted by Gasteiger charge is -2.21. The van der Waals surface area contributed by atoms with Crippen LogP contribution in [0.5, 0.6) is 5.75 Å². The summed E-state index contributed by atoms with van der Waals surface area (Å²) in [6.45, 7) is 9.17. The molecule has 2 amide bonds. The first-order valence-corrected chi connectivity index (χ1v) is 13.4. The van der Waals surface area contributed by atoms with Crippen LogP contribution in [0.1, 0.15) is 65.5 Å². The molecule has 0 saturated heterocycles. The number of anilines is 1. The van der Waals surface area contributed by atoms with Crippen LogP contribution in [-0.4, -0.2) is 66.2 Å². The van der Waals surface area contributed by atoms with Crippen LogP contribution >= 0.6 is 0 Å². The van der Waals surface area contributed by atoms with Gasteiger partial charge in [-0.15, -0.1) is 0 Å². The first-order valence-electron chi connectivity index (χ1n) is 13.4. The summed E-state index contributed by atoms with van der Waals surface area (Å²) < 4.78 is 5.47. The number of nitrogens with two attached hydrogens (primary N) is 2. The van der Waals surface area contributed by atoms with Crippen LogP contribution in [0.15, 0.2) is 24.3 Å². The quantitative estimate of drug-likeness (QED) is 0.183. The van der Waals surface area contributed by atoms with E-state index in [-0.39, 0.29) is 17.9 Å². The van der Waals surface area contributed by atoms with Gasteiger partial charge in [-0.2, -0.15) is 0 Å². The monoisotopic (exact) mass is 544 g/mol. The Labute approximate surface area is 230 Å². The van der Waals surface area contributed by atoms with E-state index in [0.717, 1.165) is 34.5 Å². The van der Waals surface area contributed by atoms with Gasteiger partial charge in [-0.1, -0.05) is 26.8 Å². The molecule has 1 aromatic carbocycles. The molecule has 0 bridgehead atoms. The summed E-state index contributed by atoms with van der Waals surface area (Å²) in [6.07, 6.45) is 1.91. The Balaban J connectivity index is 1.91. The smallest absolute Gasteiger partial charge is 0.326 e. The maximum atomic E-state index is 12.3. The Morgan fingerprint density at radius 3 is 2.46 bits per heavy atom. The molecule has 8 N–H and O–H groups in total. The van der Waals surface area contributed by atoms with Crippen molar-refractivity contribution in [2.24, 2.45) is 11.5 Å². The van der Waals surface area contributed by atoms with Crippen molar-refractivity contribution in [3.8, 4) is 5.75 Å². The number of carbonyl (C=O) groups excluding carboxylic acids is 2. The molecule has 216 valence electrons. The fourth-order valence-electron chi connectivity index (χ4n) is 4.03. The van der Waals surface area contributed by atoms with E-state index in [4.69, 9.17) is 21.2 Å². The Hall–Kier alpha value is -3.44. The third-order valence-electron chi connectivity index (χ3n) is 6.37. The van der Waals surface area contributed by atoms with E-state index in [9.17, 15) is 19.5 Å². The molecule has 0 aliphatic carbocycles. The van der Waals surface area contributed by atoms with E-state index >= 15 is 0 Å². The van der Waals surface area contributed by atoms with Gasteiger partial charge in [0.05, 0.1) is 30.8 Å². The van der Waals surface area contributed by atoms with E-state index in [0.29, 0.717) is 32.4 Å². The average Bonchev–Trinajstić information content (AvgIpc) is 2.88. The molecule has 1 heterocycles. The largest absolute Gasteiger partial charge is 0.497 e. The van der Waals surface area contributed by atoms with Crippen LogP contribution in [0, 0.1) is 0 Å². The maximum Gasteiger partial charge on any atom is 0.326 e. The van der Waals surface area contributed by atoms with Crippen molar-refractivity contribution in [2.75, 3.05) is 25.5 Å². The molecule has 3 atom stereocenters. The Bertz CT molecular complexity index is 1130. The van der Waals surface area contributed by atoms with Crippen molar-refractivity contribution < 1.29 is 24.2 Å². The number of aromatic nitrogens is 1. The summed E-state index contributed by atoms with van der Waals surface area (Å²) in [5, 5.41) is 19.0. The van der Waals surface area contributed by atoms with Crippen molar-refractivity contribution in [3.05, 3.63) is 30.0 Å². The highest BCUT2D eigenvalue weighted by Gasteiger charge is 2.25. The van der Waals surface area contributed by atoms with Crippen LogP contribution in [0.4, 0.5) is 5.69 Å². The molecule has 0 radical (unpaired) electrons. The standard InChI is InChI=1S/C28H44N6O5/c1-17(32-21-15-19(39-5)14-18-10-11-23(28(2,3)4)34-25(18)21)8-7-13-31-24(35)16-22(27(37)38)33-26(36)20(30)9-6-12-29/h10-11,14-15,17,20,22,32H,6-9,12-13,16,29-30H2,1-5H3,(H,31,35)(H,33,36)(H,37,38)/t17?,20-,22?/m0/s1. The molecule has 0 aliphatic heterocycles. The van der Waals surface area contributed by atoms with Gasteiger partial charge in [-0.3, -0.25) is 14.6 Å². The number of aliphatic carboxylic acids is 1. The average molecular weight is 545 g/mol. The number of carboxylic acid groups (broad SMARTS) is 1. The van der Waals surface area contributed by atoms with Crippen molar-refractivity contribution in [3.63, 3.8) is 0 Å². The Morgan fingerprint density at radius 2 is 1.85 bits per heavy atom. The minimum absolute atomic E-state index is 0.0679. The van der Waals surface area contributed by atoms with Crippen LogP contribution in [0.2, 0.25) is 0 Å². The molecule has 0 aliphatic rings. The van der Waals surface area contributed by atoms with E-state index in [1.54, 1.807) is 7.11 Å². The van der Waals surface area contributed by atoms with E-state index in [1.165, 1.54) is 0 Å². The lowest BCUT2D eigenvalue weighted by atomic mass is 9.91. The topological polar surface area (TPSA) is 182 Å². The zero-order chi connectivity index (χ0) is 29.2. The third kappa shape index (κ3) is 9.99. The zero-order valence-corrected chi connectivity index (χ0v) is 23.7. The van der Waals surface area contributed by atoms with E-state index in [1.807, 2.05) is 25.1 Å². The predicted octanol–water partition coefficient (Wildman–Crippen LogP) is 2.26. The van der Waals surface area contributed by atoms with Crippen LogP contribution in [0.25, 0.3) is 10.9 Å². The van der Waals surface area contributed by atoms with E-state index < -0.39 is 29.9 Å². The van der Waals surface area contributed by atoms with Crippen LogP contribution in [-0.2, 0) is 19.8 Å². The molecule has 39 heavy (non-hydrogen) atoms. The molecule has 2 unspecified atom stereocenters. The second-order valence-electron chi connectivity index (χ2n) is 10.9. The summed E-state index contributed by atoms with van der Waals surface area (Å²) in [7, 11) is 1.63. The number of carboxylic acids is 1. The van der Waals surface area contributed by atoms with Gasteiger partial charge in [0, 0.05) is 35.1 Å². The molecule has 0 spiro atoms. The summed E-state index contributed by atoms with van der Waals surface area (Å²) in [5.41, 5.74) is 13.8. The number of rotatable bonds is 15. The normalized spacial score (nSPS) is 13.8. The number of pyridine rings is 1. The van der Waals surface area contributed by atoms with Crippen molar-refractivity contribution >= 4 is 34.4 Å². The molecular weight excluding hydrogens is 500 g/mol. The number of ether oxygens (including phenoxy) is 1. The SMILES string of the molecule is COc1cc(NC(C)CCCNC(=O)CC(NC(=O)[C@@H](N)CCCN)C(=O)O)c2nc(C(C)(C)C)ccc2c1. The number of hydrogen-bond donors (Lipinski definition) is 6. The first-order chi connectivity index (χ1) is 18.3. The second-order valence-corrected chi connectivity index (χ2v) is 10.9. The van der Waals surface area contributed by atoms with Crippen LogP contribution < -0.4 is 32.2 Å². The van der Waals surface area contributed by atoms with Gasteiger partial charge in [-0.25, -0.2) is 4.79 Å². The third-order valence-corrected chi connectivity index (χ3v) is 6.37. The van der Waals surface area contributed by atoms with Gasteiger partial charge in [0.1, 0.15) is 11.8 Å². The van der Waals surface area contributed by atoms with Crippen LogP contribution in [0.3, 0.4) is 0 Å². The van der Waals surface area contributed by atoms with Crippen molar-refractivity contribution in [2.45, 2.75) is 83.3 Å². The summed E-state index contributed by atoms with van der Waals surface area (Å²) in [5.74, 6) is -1.64. The number of nitrogens with one attached hydrogen (secondary N) is 3. The Morgan fingerprint density at radius 1 is 1.13 bits per heavy atom. The highest BCUT2D eigenvalue weighted by Crippen LogP contribution is 2.31. The maximum absolute atomic E-state index is 12.3. The number of hydrogen-bond acceptors (Lipinski definition) is 8. The van der Waals surface area contributed by atoms with E-state index in [2.05, 4.69) is 42.8 Å². The van der Waals surface area contributed by atoms with Gasteiger partial charge in [0.25, 0.3) is 0 Å². The summed E-state index contributed by atoms with van der Waals surface area (Å²) in [4.78, 5) is 40.9. The van der Waals surface area contributed by atoms with Gasteiger partial charge >= 0.3 is 5.97 Å². The lowest BCUT2D eigenvalue weighted by Crippen LogP contribution is -2.50. The van der Waals surface area contributed by atoms with Gasteiger partial charge < -0.3 is 37.3 Å². The molecule has 0 saturated carbocycles.